The Bertz CT molecular complexity index is 1060. The molecule has 3 rings (SSSR count). The van der Waals surface area contributed by atoms with E-state index in [2.05, 4.69) is 10.1 Å². The molecule has 0 saturated heterocycles. The van der Waals surface area contributed by atoms with Gasteiger partial charge in [-0.3, -0.25) is 4.79 Å². The molecule has 2 heterocycles. The maximum Gasteiger partial charge on any atom is 0.356 e. The first kappa shape index (κ1) is 16.7. The number of carbonyl (C=O) groups is 1. The van der Waals surface area contributed by atoms with Gasteiger partial charge in [-0.25, -0.2) is 22.5 Å². The SMILES string of the molecule is Cc1ccc(-c2cn3nc(C(=O)O)c(C(C)(F)F)c3c(=O)[nH]2)cc1F. The molecular formula is C16H12F3N3O3. The summed E-state index contributed by atoms with van der Waals surface area (Å²) in [6.07, 6.45) is 1.17. The Hall–Kier alpha value is -3.10. The number of fused-ring (bicyclic) bond motifs is 1. The number of aryl methyl sites for hydroxylation is 1. The molecule has 0 unspecified atom stereocenters. The normalized spacial score (nSPS) is 11.9. The number of alkyl halides is 2. The summed E-state index contributed by atoms with van der Waals surface area (Å²) in [6.45, 7) is 2.05. The van der Waals surface area contributed by atoms with Gasteiger partial charge in [-0.15, -0.1) is 0 Å². The number of aromatic amines is 1. The second kappa shape index (κ2) is 5.47. The Morgan fingerprint density at radius 2 is 2.04 bits per heavy atom. The van der Waals surface area contributed by atoms with Crippen LogP contribution in [0.4, 0.5) is 13.2 Å². The van der Waals surface area contributed by atoms with E-state index in [0.29, 0.717) is 18.1 Å². The van der Waals surface area contributed by atoms with E-state index in [1.165, 1.54) is 24.4 Å². The molecule has 0 radical (unpaired) electrons. The van der Waals surface area contributed by atoms with Crippen molar-refractivity contribution in [1.82, 2.24) is 14.6 Å². The molecule has 25 heavy (non-hydrogen) atoms. The van der Waals surface area contributed by atoms with Gasteiger partial charge >= 0.3 is 5.97 Å². The quantitative estimate of drug-likeness (QED) is 0.759. The van der Waals surface area contributed by atoms with Gasteiger partial charge in [-0.1, -0.05) is 12.1 Å². The lowest BCUT2D eigenvalue weighted by atomic mass is 10.1. The van der Waals surface area contributed by atoms with Crippen LogP contribution in [0.25, 0.3) is 16.8 Å². The number of nitrogens with zero attached hydrogens (tertiary/aromatic N) is 2. The fraction of sp³-hybridized carbons (Fsp3) is 0.188. The summed E-state index contributed by atoms with van der Waals surface area (Å²) < 4.78 is 42.1. The average Bonchev–Trinajstić information content (AvgIpc) is 2.90. The van der Waals surface area contributed by atoms with Crippen molar-refractivity contribution in [2.75, 3.05) is 0 Å². The minimum atomic E-state index is -3.58. The van der Waals surface area contributed by atoms with E-state index >= 15 is 0 Å². The van der Waals surface area contributed by atoms with Crippen molar-refractivity contribution in [3.8, 4) is 11.3 Å². The first-order valence-electron chi connectivity index (χ1n) is 7.13. The second-order valence-electron chi connectivity index (χ2n) is 5.67. The average molecular weight is 351 g/mol. The lowest BCUT2D eigenvalue weighted by molar-refractivity contribution is 0.0168. The lowest BCUT2D eigenvalue weighted by Gasteiger charge is -2.09. The molecule has 6 nitrogen and oxygen atoms in total. The van der Waals surface area contributed by atoms with E-state index in [0.717, 1.165) is 4.52 Å². The minimum Gasteiger partial charge on any atom is -0.476 e. The summed E-state index contributed by atoms with van der Waals surface area (Å²) in [7, 11) is 0. The summed E-state index contributed by atoms with van der Waals surface area (Å²) >= 11 is 0. The van der Waals surface area contributed by atoms with Gasteiger partial charge in [0.15, 0.2) is 5.69 Å². The van der Waals surface area contributed by atoms with Crippen LogP contribution in [0.5, 0.6) is 0 Å². The van der Waals surface area contributed by atoms with Gasteiger partial charge in [0.2, 0.25) is 0 Å². The van der Waals surface area contributed by atoms with Crippen LogP contribution in [0.3, 0.4) is 0 Å². The Morgan fingerprint density at radius 1 is 1.36 bits per heavy atom. The molecule has 0 atom stereocenters. The molecule has 0 aliphatic heterocycles. The van der Waals surface area contributed by atoms with Crippen molar-refractivity contribution >= 4 is 11.5 Å². The summed E-state index contributed by atoms with van der Waals surface area (Å²) in [5.41, 5.74) is -2.60. The number of carboxylic acid groups (broad SMARTS) is 1. The maximum atomic E-state index is 13.8. The topological polar surface area (TPSA) is 87.5 Å². The fourth-order valence-electron chi connectivity index (χ4n) is 2.55. The predicted molar refractivity (Wildman–Crippen MR) is 82.5 cm³/mol. The van der Waals surface area contributed by atoms with Gasteiger partial charge in [0, 0.05) is 12.5 Å². The first-order valence-corrected chi connectivity index (χ1v) is 7.13. The van der Waals surface area contributed by atoms with Crippen molar-refractivity contribution < 1.29 is 23.1 Å². The molecule has 0 aliphatic rings. The molecule has 0 aliphatic carbocycles. The molecule has 0 fully saturated rings. The number of aromatic carboxylic acids is 1. The number of benzene rings is 1. The van der Waals surface area contributed by atoms with E-state index in [-0.39, 0.29) is 5.69 Å². The Morgan fingerprint density at radius 3 is 2.60 bits per heavy atom. The van der Waals surface area contributed by atoms with Gasteiger partial charge in [-0.2, -0.15) is 5.10 Å². The maximum absolute atomic E-state index is 13.8. The number of H-pyrrole nitrogens is 1. The Labute approximate surface area is 138 Å². The highest BCUT2D eigenvalue weighted by atomic mass is 19.3. The van der Waals surface area contributed by atoms with E-state index < -0.39 is 40.0 Å². The zero-order valence-electron chi connectivity index (χ0n) is 13.1. The monoisotopic (exact) mass is 351 g/mol. The first-order chi connectivity index (χ1) is 11.6. The van der Waals surface area contributed by atoms with Gasteiger partial charge in [0.05, 0.1) is 17.5 Å². The number of carboxylic acids is 1. The summed E-state index contributed by atoms with van der Waals surface area (Å²) in [5, 5.41) is 12.7. The number of rotatable bonds is 3. The van der Waals surface area contributed by atoms with E-state index in [1.807, 2.05) is 0 Å². The van der Waals surface area contributed by atoms with Gasteiger partial charge < -0.3 is 10.1 Å². The van der Waals surface area contributed by atoms with E-state index in [9.17, 15) is 22.8 Å². The smallest absolute Gasteiger partial charge is 0.356 e. The van der Waals surface area contributed by atoms with Crippen LogP contribution in [0.2, 0.25) is 0 Å². The number of nitrogens with one attached hydrogen (secondary N) is 1. The molecule has 3 aromatic rings. The van der Waals surface area contributed by atoms with Crippen molar-refractivity contribution in [3.05, 3.63) is 57.4 Å². The Balaban J connectivity index is 2.33. The minimum absolute atomic E-state index is 0.113. The van der Waals surface area contributed by atoms with Crippen LogP contribution in [0, 0.1) is 12.7 Å². The highest BCUT2D eigenvalue weighted by Crippen LogP contribution is 2.32. The zero-order valence-corrected chi connectivity index (χ0v) is 13.1. The van der Waals surface area contributed by atoms with Crippen molar-refractivity contribution in [3.63, 3.8) is 0 Å². The molecule has 0 amide bonds. The molecule has 0 saturated carbocycles. The third-order valence-electron chi connectivity index (χ3n) is 3.75. The van der Waals surface area contributed by atoms with Crippen molar-refractivity contribution in [1.29, 1.82) is 0 Å². The van der Waals surface area contributed by atoms with Gasteiger partial charge in [0.25, 0.3) is 11.5 Å². The molecule has 9 heteroatoms. The van der Waals surface area contributed by atoms with Crippen LogP contribution in [0.1, 0.15) is 28.5 Å². The number of halogens is 3. The highest BCUT2D eigenvalue weighted by molar-refractivity contribution is 5.90. The zero-order chi connectivity index (χ0) is 18.5. The molecular weight excluding hydrogens is 339 g/mol. The molecule has 0 spiro atoms. The third kappa shape index (κ3) is 2.77. The number of aromatic nitrogens is 3. The van der Waals surface area contributed by atoms with E-state index in [4.69, 9.17) is 5.11 Å². The molecule has 0 bridgehead atoms. The standard InChI is InChI=1S/C16H12F3N3O3/c1-7-3-4-8(5-9(7)17)10-6-22-13(14(23)20-10)11(16(2,18)19)12(21-22)15(24)25/h3-6H,1-2H3,(H,20,23)(H,24,25). The van der Waals surface area contributed by atoms with E-state index in [1.54, 1.807) is 6.92 Å². The number of hydrogen-bond acceptors (Lipinski definition) is 3. The largest absolute Gasteiger partial charge is 0.476 e. The predicted octanol–water partition coefficient (Wildman–Crippen LogP) is 2.95. The lowest BCUT2D eigenvalue weighted by Crippen LogP contribution is -2.18. The second-order valence-corrected chi connectivity index (χ2v) is 5.67. The molecule has 2 N–H and O–H groups in total. The van der Waals surface area contributed by atoms with Gasteiger partial charge in [0.1, 0.15) is 11.3 Å². The highest BCUT2D eigenvalue weighted by Gasteiger charge is 2.37. The molecule has 2 aromatic heterocycles. The molecule has 130 valence electrons. The summed E-state index contributed by atoms with van der Waals surface area (Å²) in [6, 6.07) is 4.19. The summed E-state index contributed by atoms with van der Waals surface area (Å²) in [5.74, 6) is -5.77. The van der Waals surface area contributed by atoms with Crippen LogP contribution >= 0.6 is 0 Å². The van der Waals surface area contributed by atoms with Crippen LogP contribution in [-0.2, 0) is 5.92 Å². The number of hydrogen-bond donors (Lipinski definition) is 2. The molecule has 1 aromatic carbocycles. The van der Waals surface area contributed by atoms with Crippen molar-refractivity contribution in [2.24, 2.45) is 0 Å². The van der Waals surface area contributed by atoms with Crippen LogP contribution in [0.15, 0.2) is 29.2 Å². The fourth-order valence-corrected chi connectivity index (χ4v) is 2.55. The Kier molecular flexibility index (Phi) is 3.66. The van der Waals surface area contributed by atoms with Crippen molar-refractivity contribution in [2.45, 2.75) is 19.8 Å². The van der Waals surface area contributed by atoms with Crippen LogP contribution < -0.4 is 5.56 Å². The van der Waals surface area contributed by atoms with Crippen LogP contribution in [-0.4, -0.2) is 25.7 Å². The van der Waals surface area contributed by atoms with Gasteiger partial charge in [-0.05, 0) is 18.6 Å². The third-order valence-corrected chi connectivity index (χ3v) is 3.75. The summed E-state index contributed by atoms with van der Waals surface area (Å²) in [4.78, 5) is 25.9.